The predicted molar refractivity (Wildman–Crippen MR) is 89.2 cm³/mol. The fourth-order valence-corrected chi connectivity index (χ4v) is 3.40. The first-order valence-electron chi connectivity index (χ1n) is 8.02. The standard InChI is InChI=1S/C17H19N5O2/c1-10-5-16(21-15(8-23)19-10)22-9-17(3-4-17)12-7-18-14(6-13(12)22)20-11(2)24/h5-7,23H,3-4,8-9H2,1-2H3,(H,18,20,24). The second-order valence-electron chi connectivity index (χ2n) is 6.58. The zero-order valence-electron chi connectivity index (χ0n) is 13.7. The molecule has 0 saturated heterocycles. The monoisotopic (exact) mass is 325 g/mol. The molecule has 24 heavy (non-hydrogen) atoms. The Morgan fingerprint density at radius 3 is 2.83 bits per heavy atom. The predicted octanol–water partition coefficient (Wildman–Crippen LogP) is 1.81. The van der Waals surface area contributed by atoms with Gasteiger partial charge in [-0.15, -0.1) is 0 Å². The van der Waals surface area contributed by atoms with Gasteiger partial charge in [0.15, 0.2) is 5.82 Å². The van der Waals surface area contributed by atoms with Crippen LogP contribution in [0.4, 0.5) is 17.3 Å². The smallest absolute Gasteiger partial charge is 0.222 e. The first-order chi connectivity index (χ1) is 11.5. The number of hydrogen-bond acceptors (Lipinski definition) is 6. The third-order valence-electron chi connectivity index (χ3n) is 4.67. The molecule has 7 heteroatoms. The Balaban J connectivity index is 1.79. The fraction of sp³-hybridized carbons (Fsp3) is 0.412. The van der Waals surface area contributed by atoms with E-state index in [1.807, 2.05) is 25.3 Å². The van der Waals surface area contributed by atoms with E-state index in [1.54, 1.807) is 0 Å². The topological polar surface area (TPSA) is 91.2 Å². The molecule has 1 amide bonds. The molecule has 1 aliphatic carbocycles. The van der Waals surface area contributed by atoms with Crippen molar-refractivity contribution in [1.29, 1.82) is 0 Å². The van der Waals surface area contributed by atoms with Crippen LogP contribution in [-0.4, -0.2) is 32.5 Å². The van der Waals surface area contributed by atoms with Crippen LogP contribution in [0.15, 0.2) is 18.3 Å². The average Bonchev–Trinajstić information content (AvgIpc) is 3.24. The molecule has 0 radical (unpaired) electrons. The highest BCUT2D eigenvalue weighted by Crippen LogP contribution is 2.57. The minimum absolute atomic E-state index is 0.145. The van der Waals surface area contributed by atoms with Crippen molar-refractivity contribution in [3.63, 3.8) is 0 Å². The van der Waals surface area contributed by atoms with Gasteiger partial charge in [0.2, 0.25) is 5.91 Å². The van der Waals surface area contributed by atoms with Crippen LogP contribution < -0.4 is 10.2 Å². The molecule has 0 aromatic carbocycles. The number of aromatic nitrogens is 3. The van der Waals surface area contributed by atoms with Gasteiger partial charge < -0.3 is 15.3 Å². The third-order valence-corrected chi connectivity index (χ3v) is 4.67. The zero-order chi connectivity index (χ0) is 16.9. The van der Waals surface area contributed by atoms with Crippen LogP contribution in [0.1, 0.15) is 36.8 Å². The van der Waals surface area contributed by atoms with E-state index in [0.29, 0.717) is 11.6 Å². The average molecular weight is 325 g/mol. The third kappa shape index (κ3) is 2.41. The number of carbonyl (C=O) groups is 1. The first kappa shape index (κ1) is 15.0. The van der Waals surface area contributed by atoms with Crippen LogP contribution in [0.25, 0.3) is 0 Å². The number of anilines is 3. The van der Waals surface area contributed by atoms with E-state index < -0.39 is 0 Å². The van der Waals surface area contributed by atoms with Crippen molar-refractivity contribution in [3.8, 4) is 0 Å². The molecule has 7 nitrogen and oxygen atoms in total. The number of carbonyl (C=O) groups excluding carboxylic acids is 1. The maximum Gasteiger partial charge on any atom is 0.222 e. The Labute approximate surface area is 139 Å². The highest BCUT2D eigenvalue weighted by molar-refractivity contribution is 5.89. The molecule has 0 bridgehead atoms. The Hall–Kier alpha value is -2.54. The second-order valence-corrected chi connectivity index (χ2v) is 6.58. The van der Waals surface area contributed by atoms with Crippen molar-refractivity contribution in [2.45, 2.75) is 38.7 Å². The number of aryl methyl sites for hydroxylation is 1. The van der Waals surface area contributed by atoms with E-state index in [-0.39, 0.29) is 17.9 Å². The number of hydrogen-bond donors (Lipinski definition) is 2. The molecule has 124 valence electrons. The van der Waals surface area contributed by atoms with Crippen molar-refractivity contribution < 1.29 is 9.90 Å². The number of nitrogens with one attached hydrogen (secondary N) is 1. The molecule has 0 atom stereocenters. The van der Waals surface area contributed by atoms with Gasteiger partial charge in [0.1, 0.15) is 18.2 Å². The molecule has 4 rings (SSSR count). The number of fused-ring (bicyclic) bond motifs is 2. The lowest BCUT2D eigenvalue weighted by Crippen LogP contribution is -2.21. The number of rotatable bonds is 3. The minimum Gasteiger partial charge on any atom is -0.388 e. The highest BCUT2D eigenvalue weighted by Gasteiger charge is 2.52. The van der Waals surface area contributed by atoms with Crippen molar-refractivity contribution >= 4 is 23.2 Å². The number of aliphatic hydroxyl groups excluding tert-OH is 1. The van der Waals surface area contributed by atoms with E-state index in [0.717, 1.165) is 36.6 Å². The lowest BCUT2D eigenvalue weighted by Gasteiger charge is -2.20. The number of nitrogens with zero attached hydrogens (tertiary/aromatic N) is 4. The van der Waals surface area contributed by atoms with E-state index in [1.165, 1.54) is 12.5 Å². The first-order valence-corrected chi connectivity index (χ1v) is 8.02. The van der Waals surface area contributed by atoms with Gasteiger partial charge in [0.05, 0.1) is 5.69 Å². The van der Waals surface area contributed by atoms with Gasteiger partial charge in [-0.3, -0.25) is 4.79 Å². The maximum absolute atomic E-state index is 11.3. The molecule has 1 saturated carbocycles. The van der Waals surface area contributed by atoms with Crippen LogP contribution in [0.3, 0.4) is 0 Å². The zero-order valence-corrected chi connectivity index (χ0v) is 13.7. The van der Waals surface area contributed by atoms with Gasteiger partial charge in [-0.25, -0.2) is 15.0 Å². The molecule has 2 N–H and O–H groups in total. The van der Waals surface area contributed by atoms with Crippen LogP contribution in [0.2, 0.25) is 0 Å². The molecule has 1 aliphatic heterocycles. The molecule has 2 aromatic heterocycles. The lowest BCUT2D eigenvalue weighted by atomic mass is 10.0. The summed E-state index contributed by atoms with van der Waals surface area (Å²) < 4.78 is 0. The summed E-state index contributed by atoms with van der Waals surface area (Å²) >= 11 is 0. The van der Waals surface area contributed by atoms with Crippen molar-refractivity contribution in [3.05, 3.63) is 35.4 Å². The molecule has 3 heterocycles. The summed E-state index contributed by atoms with van der Waals surface area (Å²) in [6.45, 7) is 4.02. The summed E-state index contributed by atoms with van der Waals surface area (Å²) in [6.07, 6.45) is 4.14. The van der Waals surface area contributed by atoms with Gasteiger partial charge in [-0.1, -0.05) is 0 Å². The summed E-state index contributed by atoms with van der Waals surface area (Å²) in [6, 6.07) is 3.82. The molecule has 2 aromatic rings. The maximum atomic E-state index is 11.3. The summed E-state index contributed by atoms with van der Waals surface area (Å²) in [5, 5.41) is 12.1. The summed E-state index contributed by atoms with van der Waals surface area (Å²) in [4.78, 5) is 26.5. The number of amides is 1. The highest BCUT2D eigenvalue weighted by atomic mass is 16.3. The number of pyridine rings is 1. The SMILES string of the molecule is CC(=O)Nc1cc2c(cn1)C1(CC1)CN2c1cc(C)nc(CO)n1. The fourth-order valence-electron chi connectivity index (χ4n) is 3.40. The van der Waals surface area contributed by atoms with Crippen molar-refractivity contribution in [2.24, 2.45) is 0 Å². The molecule has 2 aliphatic rings. The van der Waals surface area contributed by atoms with E-state index >= 15 is 0 Å². The van der Waals surface area contributed by atoms with Crippen molar-refractivity contribution in [2.75, 3.05) is 16.8 Å². The lowest BCUT2D eigenvalue weighted by molar-refractivity contribution is -0.114. The summed E-state index contributed by atoms with van der Waals surface area (Å²) in [5.74, 6) is 1.58. The Bertz CT molecular complexity index is 832. The quantitative estimate of drug-likeness (QED) is 0.894. The molecular formula is C17H19N5O2. The van der Waals surface area contributed by atoms with Gasteiger partial charge in [0.25, 0.3) is 0 Å². The molecular weight excluding hydrogens is 306 g/mol. The van der Waals surface area contributed by atoms with Crippen LogP contribution >= 0.6 is 0 Å². The van der Waals surface area contributed by atoms with Crippen molar-refractivity contribution in [1.82, 2.24) is 15.0 Å². The summed E-state index contributed by atoms with van der Waals surface area (Å²) in [5.41, 5.74) is 3.19. The molecule has 1 spiro atoms. The van der Waals surface area contributed by atoms with Crippen LogP contribution in [0.5, 0.6) is 0 Å². The Morgan fingerprint density at radius 1 is 1.38 bits per heavy atom. The molecule has 0 unspecified atom stereocenters. The van der Waals surface area contributed by atoms with E-state index in [2.05, 4.69) is 25.2 Å². The molecule has 1 fully saturated rings. The van der Waals surface area contributed by atoms with Gasteiger partial charge in [0, 0.05) is 48.5 Å². The normalized spacial score (nSPS) is 17.0. The van der Waals surface area contributed by atoms with E-state index in [4.69, 9.17) is 0 Å². The van der Waals surface area contributed by atoms with Gasteiger partial charge in [-0.2, -0.15) is 0 Å². The largest absolute Gasteiger partial charge is 0.388 e. The van der Waals surface area contributed by atoms with Crippen LogP contribution in [0, 0.1) is 6.92 Å². The second kappa shape index (κ2) is 5.24. The Morgan fingerprint density at radius 2 is 2.17 bits per heavy atom. The summed E-state index contributed by atoms with van der Waals surface area (Å²) in [7, 11) is 0. The van der Waals surface area contributed by atoms with Crippen LogP contribution in [-0.2, 0) is 16.8 Å². The van der Waals surface area contributed by atoms with E-state index in [9.17, 15) is 9.90 Å². The van der Waals surface area contributed by atoms with Gasteiger partial charge >= 0.3 is 0 Å². The Kier molecular flexibility index (Phi) is 3.28. The number of aliphatic hydroxyl groups is 1. The minimum atomic E-state index is -0.187. The van der Waals surface area contributed by atoms with Gasteiger partial charge in [-0.05, 0) is 19.8 Å².